The highest BCUT2D eigenvalue weighted by molar-refractivity contribution is 7.25. The second kappa shape index (κ2) is 12.4. The van der Waals surface area contributed by atoms with Crippen molar-refractivity contribution in [3.05, 3.63) is 40.8 Å². The number of anilines is 1. The first kappa shape index (κ1) is 28.9. The van der Waals surface area contributed by atoms with Crippen molar-refractivity contribution in [2.45, 2.75) is 89.6 Å². The predicted octanol–water partition coefficient (Wildman–Crippen LogP) is 6.81. The van der Waals surface area contributed by atoms with Crippen LogP contribution in [0.4, 0.5) is 5.69 Å². The lowest BCUT2D eigenvalue weighted by atomic mass is 9.81. The zero-order chi connectivity index (χ0) is 27.4. The van der Waals surface area contributed by atoms with Gasteiger partial charge in [0, 0.05) is 35.9 Å². The van der Waals surface area contributed by atoms with Crippen molar-refractivity contribution in [2.75, 3.05) is 11.5 Å². The van der Waals surface area contributed by atoms with E-state index in [4.69, 9.17) is 4.74 Å². The number of carboxylic acid groups (broad SMARTS) is 1. The number of carbonyl (C=O) groups excluding carboxylic acids is 1. The van der Waals surface area contributed by atoms with Crippen LogP contribution in [0.2, 0.25) is 0 Å². The predicted molar refractivity (Wildman–Crippen MR) is 152 cm³/mol. The second-order valence-corrected chi connectivity index (χ2v) is 13.1. The van der Waals surface area contributed by atoms with Crippen molar-refractivity contribution in [3.63, 3.8) is 0 Å². The summed E-state index contributed by atoms with van der Waals surface area (Å²) in [6.45, 7) is 6.31. The molecular weight excluding hydrogens is 521 g/mol. The monoisotopic (exact) mass is 560 g/mol. The molecule has 2 fully saturated rings. The number of aliphatic hydroxyl groups excluding tert-OH is 1. The summed E-state index contributed by atoms with van der Waals surface area (Å²) >= 11 is 1.17. The first-order valence-corrected chi connectivity index (χ1v) is 15.4. The SMILES string of the molecule is CCOC(C)([PH+]=O)c1ccc(-c2cc(N(C(=O)C3CCC(C)CC3)C3CCC(O)CC3)c(C(=O)O)s2)cc1. The Labute approximate surface area is 230 Å². The van der Waals surface area contributed by atoms with Crippen molar-refractivity contribution in [2.24, 2.45) is 11.8 Å². The van der Waals surface area contributed by atoms with Gasteiger partial charge >= 0.3 is 14.4 Å². The molecule has 1 amide bonds. The molecule has 1 aromatic heterocycles. The maximum Gasteiger partial charge on any atom is 0.364 e. The molecule has 0 saturated heterocycles. The zero-order valence-electron chi connectivity index (χ0n) is 22.4. The maximum absolute atomic E-state index is 14.0. The number of benzene rings is 1. The van der Waals surface area contributed by atoms with Crippen LogP contribution in [0.1, 0.15) is 87.4 Å². The molecule has 2 aliphatic carbocycles. The van der Waals surface area contributed by atoms with Gasteiger partial charge in [0.1, 0.15) is 4.88 Å². The van der Waals surface area contributed by atoms with Crippen LogP contribution >= 0.6 is 19.8 Å². The second-order valence-electron chi connectivity index (χ2n) is 10.9. The van der Waals surface area contributed by atoms with E-state index in [9.17, 15) is 24.4 Å². The number of aliphatic hydroxyl groups is 1. The molecule has 4 rings (SSSR count). The Morgan fingerprint density at radius 2 is 1.71 bits per heavy atom. The highest BCUT2D eigenvalue weighted by Gasteiger charge is 2.38. The van der Waals surface area contributed by atoms with Crippen LogP contribution in [0.25, 0.3) is 10.4 Å². The van der Waals surface area contributed by atoms with Gasteiger partial charge in [0.25, 0.3) is 5.34 Å². The van der Waals surface area contributed by atoms with E-state index < -0.39 is 19.8 Å². The number of ether oxygens (including phenoxy) is 1. The van der Waals surface area contributed by atoms with Crippen molar-refractivity contribution in [3.8, 4) is 10.4 Å². The van der Waals surface area contributed by atoms with Crippen molar-refractivity contribution in [1.29, 1.82) is 0 Å². The Bertz CT molecular complexity index is 1130. The first-order chi connectivity index (χ1) is 18.2. The number of nitrogens with zero attached hydrogens (tertiary/aromatic N) is 1. The summed E-state index contributed by atoms with van der Waals surface area (Å²) < 4.78 is 17.6. The van der Waals surface area contributed by atoms with E-state index in [0.717, 1.165) is 41.7 Å². The molecule has 1 aromatic carbocycles. The molecule has 7 nitrogen and oxygen atoms in total. The van der Waals surface area contributed by atoms with E-state index in [-0.39, 0.29) is 28.8 Å². The van der Waals surface area contributed by atoms with Gasteiger partial charge in [-0.05, 0) is 75.8 Å². The van der Waals surface area contributed by atoms with Gasteiger partial charge < -0.3 is 19.8 Å². The van der Waals surface area contributed by atoms with Crippen LogP contribution in [0.5, 0.6) is 0 Å². The molecular formula is C29H39NO6PS+. The summed E-state index contributed by atoms with van der Waals surface area (Å²) in [6, 6.07) is 9.22. The lowest BCUT2D eigenvalue weighted by Crippen LogP contribution is -2.47. The van der Waals surface area contributed by atoms with Crippen LogP contribution in [-0.4, -0.2) is 40.8 Å². The standard InChI is InChI=1S/C29H38NO6PS/c1-4-36-29(3,37-35)21-11-9-19(10-12-21)25-17-24(26(38-25)28(33)34)30(22-13-15-23(31)16-14-22)27(32)20-7-5-18(2)6-8-20/h9-12,17-18,20,22-23,31H,4-8,13-16H2,1-3H3,(H,33,34)/p+1. The van der Waals surface area contributed by atoms with Crippen LogP contribution in [0.3, 0.4) is 0 Å². The molecule has 2 N–H and O–H groups in total. The lowest BCUT2D eigenvalue weighted by molar-refractivity contribution is -0.124. The number of carboxylic acids is 1. The zero-order valence-corrected chi connectivity index (χ0v) is 24.3. The van der Waals surface area contributed by atoms with Crippen molar-refractivity contribution < 1.29 is 29.1 Å². The Hall–Kier alpha value is -2.12. The third-order valence-corrected chi connectivity index (χ3v) is 10.1. The Balaban J connectivity index is 1.71. The van der Waals surface area contributed by atoms with Crippen LogP contribution in [-0.2, 0) is 19.4 Å². The largest absolute Gasteiger partial charge is 0.477 e. The quantitative estimate of drug-likeness (QED) is 0.327. The molecule has 9 heteroatoms. The number of carbonyl (C=O) groups is 2. The van der Waals surface area contributed by atoms with Crippen molar-refractivity contribution >= 4 is 37.4 Å². The van der Waals surface area contributed by atoms with Crippen LogP contribution in [0.15, 0.2) is 30.3 Å². The molecule has 2 saturated carbocycles. The minimum Gasteiger partial charge on any atom is -0.477 e. The normalized spacial score (nSPS) is 25.6. The molecule has 0 aliphatic heterocycles. The number of aromatic carboxylic acids is 1. The summed E-state index contributed by atoms with van der Waals surface area (Å²) in [4.78, 5) is 29.1. The Morgan fingerprint density at radius 1 is 1.08 bits per heavy atom. The number of hydrogen-bond acceptors (Lipinski definition) is 6. The van der Waals surface area contributed by atoms with Gasteiger partial charge in [-0.15, -0.1) is 11.3 Å². The number of hydrogen-bond donors (Lipinski definition) is 2. The number of amides is 1. The Morgan fingerprint density at radius 3 is 2.26 bits per heavy atom. The van der Waals surface area contributed by atoms with Gasteiger partial charge in [-0.25, -0.2) is 4.79 Å². The summed E-state index contributed by atoms with van der Waals surface area (Å²) in [5, 5.41) is 19.4. The molecule has 0 bridgehead atoms. The lowest BCUT2D eigenvalue weighted by Gasteiger charge is -2.38. The molecule has 2 atom stereocenters. The average Bonchev–Trinajstić information content (AvgIpc) is 3.36. The fourth-order valence-corrected chi connectivity index (χ4v) is 7.27. The van der Waals surface area contributed by atoms with Crippen LogP contribution < -0.4 is 4.90 Å². The third-order valence-electron chi connectivity index (χ3n) is 8.15. The molecule has 206 valence electrons. The molecule has 2 aromatic rings. The van der Waals surface area contributed by atoms with Crippen LogP contribution in [0, 0.1) is 11.8 Å². The van der Waals surface area contributed by atoms with E-state index in [1.807, 2.05) is 37.3 Å². The summed E-state index contributed by atoms with van der Waals surface area (Å²) in [7, 11) is -0.667. The van der Waals surface area contributed by atoms with Gasteiger partial charge in [0.2, 0.25) is 5.91 Å². The highest BCUT2D eigenvalue weighted by atomic mass is 32.1. The van der Waals surface area contributed by atoms with E-state index in [2.05, 4.69) is 6.92 Å². The average molecular weight is 561 g/mol. The summed E-state index contributed by atoms with van der Waals surface area (Å²) in [6.07, 6.45) is 5.81. The van der Waals surface area contributed by atoms with Gasteiger partial charge in [-0.3, -0.25) is 4.79 Å². The number of thiophene rings is 1. The van der Waals surface area contributed by atoms with Crippen molar-refractivity contribution in [1.82, 2.24) is 0 Å². The fraction of sp³-hybridized carbons (Fsp3) is 0.586. The minimum atomic E-state index is -1.05. The van der Waals surface area contributed by atoms with Gasteiger partial charge in [0.05, 0.1) is 11.8 Å². The van der Waals surface area contributed by atoms with Gasteiger partial charge in [-0.2, -0.15) is 0 Å². The summed E-state index contributed by atoms with van der Waals surface area (Å²) in [5.41, 5.74) is 2.08. The topological polar surface area (TPSA) is 104 Å². The van der Waals surface area contributed by atoms with E-state index in [0.29, 0.717) is 43.9 Å². The molecule has 38 heavy (non-hydrogen) atoms. The third kappa shape index (κ3) is 6.20. The number of rotatable bonds is 9. The molecule has 1 heterocycles. The van der Waals surface area contributed by atoms with Gasteiger partial charge in [-0.1, -0.05) is 35.8 Å². The summed E-state index contributed by atoms with van der Waals surface area (Å²) in [5.74, 6) is -0.527. The molecule has 2 unspecified atom stereocenters. The van der Waals surface area contributed by atoms with Gasteiger partial charge in [0.15, 0.2) is 0 Å². The first-order valence-electron chi connectivity index (χ1n) is 13.7. The Kier molecular flexibility index (Phi) is 9.40. The smallest absolute Gasteiger partial charge is 0.364 e. The van der Waals surface area contributed by atoms with E-state index >= 15 is 0 Å². The van der Waals surface area contributed by atoms with E-state index in [1.54, 1.807) is 11.8 Å². The molecule has 0 spiro atoms. The molecule has 0 radical (unpaired) electrons. The van der Waals surface area contributed by atoms with E-state index in [1.165, 1.54) is 11.3 Å². The maximum atomic E-state index is 14.0. The minimum absolute atomic E-state index is 0.0180. The fourth-order valence-electron chi connectivity index (χ4n) is 5.78. The highest BCUT2D eigenvalue weighted by Crippen LogP contribution is 2.43. The molecule has 2 aliphatic rings.